The van der Waals surface area contributed by atoms with Gasteiger partial charge in [-0.25, -0.2) is 0 Å². The third-order valence-corrected chi connectivity index (χ3v) is 2.16. The number of rotatable bonds is 5. The summed E-state index contributed by atoms with van der Waals surface area (Å²) in [5.41, 5.74) is 0.706. The second-order valence-electron chi connectivity index (χ2n) is 3.29. The average Bonchev–Trinajstić information content (AvgIpc) is 2.26. The molecule has 2 atom stereocenters. The van der Waals surface area contributed by atoms with Gasteiger partial charge in [-0.15, -0.1) is 0 Å². The first-order chi connectivity index (χ1) is 6.75. The first-order valence-electron chi connectivity index (χ1n) is 4.77. The first kappa shape index (κ1) is 11.2. The van der Waals surface area contributed by atoms with E-state index in [1.165, 1.54) is 0 Å². The first-order valence-corrected chi connectivity index (χ1v) is 4.77. The van der Waals surface area contributed by atoms with E-state index >= 15 is 0 Å². The molecule has 0 aromatic heterocycles. The number of aliphatic hydroxyl groups excluding tert-OH is 3. The van der Waals surface area contributed by atoms with Gasteiger partial charge in [0.05, 0.1) is 6.10 Å². The van der Waals surface area contributed by atoms with Gasteiger partial charge in [0.15, 0.2) is 0 Å². The third kappa shape index (κ3) is 3.10. The van der Waals surface area contributed by atoms with E-state index in [9.17, 15) is 10.2 Å². The van der Waals surface area contributed by atoms with Crippen molar-refractivity contribution in [2.45, 2.75) is 25.0 Å². The molecule has 0 unspecified atom stereocenters. The summed E-state index contributed by atoms with van der Waals surface area (Å²) in [5, 5.41) is 27.8. The van der Waals surface area contributed by atoms with Gasteiger partial charge in [0.25, 0.3) is 0 Å². The number of hydrogen-bond donors (Lipinski definition) is 3. The number of aliphatic hydroxyl groups is 3. The summed E-state index contributed by atoms with van der Waals surface area (Å²) in [7, 11) is 0. The van der Waals surface area contributed by atoms with E-state index in [1.54, 1.807) is 12.1 Å². The van der Waals surface area contributed by atoms with Crippen molar-refractivity contribution in [3.63, 3.8) is 0 Å². The predicted octanol–water partition coefficient (Wildman–Crippen LogP) is 0.853. The lowest BCUT2D eigenvalue weighted by molar-refractivity contribution is 0.00990. The molecule has 0 saturated carbocycles. The molecule has 0 spiro atoms. The van der Waals surface area contributed by atoms with Crippen molar-refractivity contribution in [2.24, 2.45) is 0 Å². The van der Waals surface area contributed by atoms with Gasteiger partial charge in [-0.3, -0.25) is 0 Å². The summed E-state index contributed by atoms with van der Waals surface area (Å²) in [6, 6.07) is 9.03. The van der Waals surface area contributed by atoms with E-state index < -0.39 is 12.2 Å². The maximum Gasteiger partial charge on any atom is 0.105 e. The molecule has 1 aromatic carbocycles. The fourth-order valence-electron chi connectivity index (χ4n) is 1.33. The fourth-order valence-corrected chi connectivity index (χ4v) is 1.33. The quantitative estimate of drug-likeness (QED) is 0.654. The minimum Gasteiger partial charge on any atom is -0.396 e. The van der Waals surface area contributed by atoms with Crippen molar-refractivity contribution >= 4 is 0 Å². The Morgan fingerprint density at radius 1 is 1.07 bits per heavy atom. The maximum atomic E-state index is 9.68. The van der Waals surface area contributed by atoms with Crippen LogP contribution in [0.5, 0.6) is 0 Å². The van der Waals surface area contributed by atoms with Gasteiger partial charge < -0.3 is 15.3 Å². The van der Waals surface area contributed by atoms with Crippen LogP contribution in [0.15, 0.2) is 30.3 Å². The third-order valence-electron chi connectivity index (χ3n) is 2.16. The fraction of sp³-hybridized carbons (Fsp3) is 0.455. The molecule has 78 valence electrons. The molecular weight excluding hydrogens is 180 g/mol. The summed E-state index contributed by atoms with van der Waals surface area (Å²) in [6.45, 7) is 0.0402. The van der Waals surface area contributed by atoms with Gasteiger partial charge in [0.1, 0.15) is 6.10 Å². The van der Waals surface area contributed by atoms with Crippen molar-refractivity contribution < 1.29 is 15.3 Å². The van der Waals surface area contributed by atoms with E-state index in [2.05, 4.69) is 0 Å². The van der Waals surface area contributed by atoms with Gasteiger partial charge >= 0.3 is 0 Å². The Morgan fingerprint density at radius 2 is 1.71 bits per heavy atom. The Bertz CT molecular complexity index is 248. The van der Waals surface area contributed by atoms with Crippen molar-refractivity contribution in [3.8, 4) is 0 Å². The molecule has 0 amide bonds. The monoisotopic (exact) mass is 196 g/mol. The van der Waals surface area contributed by atoms with Gasteiger partial charge in [-0.1, -0.05) is 30.3 Å². The molecule has 3 heteroatoms. The molecule has 0 bridgehead atoms. The molecule has 3 nitrogen and oxygen atoms in total. The van der Waals surface area contributed by atoms with Crippen LogP contribution in [0.3, 0.4) is 0 Å². The number of hydrogen-bond acceptors (Lipinski definition) is 3. The van der Waals surface area contributed by atoms with Crippen LogP contribution in [-0.2, 0) is 0 Å². The molecule has 3 N–H and O–H groups in total. The largest absolute Gasteiger partial charge is 0.396 e. The molecule has 0 aliphatic carbocycles. The van der Waals surface area contributed by atoms with E-state index in [4.69, 9.17) is 5.11 Å². The van der Waals surface area contributed by atoms with E-state index in [1.807, 2.05) is 18.2 Å². The predicted molar refractivity (Wildman–Crippen MR) is 53.7 cm³/mol. The van der Waals surface area contributed by atoms with Crippen molar-refractivity contribution in [2.75, 3.05) is 6.61 Å². The van der Waals surface area contributed by atoms with E-state index in [0.29, 0.717) is 18.4 Å². The summed E-state index contributed by atoms with van der Waals surface area (Å²) >= 11 is 0. The molecule has 14 heavy (non-hydrogen) atoms. The molecule has 0 aliphatic heterocycles. The maximum absolute atomic E-state index is 9.68. The molecular formula is C11H16O3. The highest BCUT2D eigenvalue weighted by Gasteiger charge is 2.16. The zero-order valence-electron chi connectivity index (χ0n) is 8.00. The topological polar surface area (TPSA) is 60.7 Å². The van der Waals surface area contributed by atoms with Crippen LogP contribution in [0.25, 0.3) is 0 Å². The van der Waals surface area contributed by atoms with Crippen LogP contribution in [0.4, 0.5) is 0 Å². The van der Waals surface area contributed by atoms with Crippen LogP contribution in [-0.4, -0.2) is 28.0 Å². The zero-order valence-corrected chi connectivity index (χ0v) is 8.00. The minimum atomic E-state index is -0.859. The summed E-state index contributed by atoms with van der Waals surface area (Å²) in [4.78, 5) is 0. The standard InChI is InChI=1S/C11H16O3/c12-8-4-7-10(13)11(14)9-5-2-1-3-6-9/h1-3,5-6,10-14H,4,7-8H2/t10-,11-/m1/s1. The van der Waals surface area contributed by atoms with Crippen LogP contribution < -0.4 is 0 Å². The highest BCUT2D eigenvalue weighted by molar-refractivity contribution is 5.18. The summed E-state index contributed by atoms with van der Waals surface area (Å²) < 4.78 is 0. The van der Waals surface area contributed by atoms with Crippen LogP contribution in [0, 0.1) is 0 Å². The Kier molecular flexibility index (Phi) is 4.59. The molecule has 1 aromatic rings. The van der Waals surface area contributed by atoms with Crippen LogP contribution in [0.1, 0.15) is 24.5 Å². The Balaban J connectivity index is 2.52. The average molecular weight is 196 g/mol. The lowest BCUT2D eigenvalue weighted by Gasteiger charge is -2.17. The smallest absolute Gasteiger partial charge is 0.105 e. The van der Waals surface area contributed by atoms with Crippen molar-refractivity contribution in [1.82, 2.24) is 0 Å². The summed E-state index contributed by atoms with van der Waals surface area (Å²) in [5.74, 6) is 0. The zero-order chi connectivity index (χ0) is 10.4. The second kappa shape index (κ2) is 5.75. The van der Waals surface area contributed by atoms with E-state index in [-0.39, 0.29) is 6.61 Å². The lowest BCUT2D eigenvalue weighted by atomic mass is 10.0. The van der Waals surface area contributed by atoms with Crippen LogP contribution in [0.2, 0.25) is 0 Å². The van der Waals surface area contributed by atoms with Gasteiger partial charge in [-0.05, 0) is 18.4 Å². The van der Waals surface area contributed by atoms with Gasteiger partial charge in [0, 0.05) is 6.61 Å². The Labute approximate surface area is 83.6 Å². The normalized spacial score (nSPS) is 15.1. The SMILES string of the molecule is OCCC[C@@H](O)[C@H](O)c1ccccc1. The second-order valence-corrected chi connectivity index (χ2v) is 3.29. The molecule has 0 radical (unpaired) electrons. The molecule has 0 aliphatic rings. The molecule has 0 fully saturated rings. The minimum absolute atomic E-state index is 0.0402. The molecule has 0 heterocycles. The van der Waals surface area contributed by atoms with Crippen LogP contribution >= 0.6 is 0 Å². The lowest BCUT2D eigenvalue weighted by Crippen LogP contribution is -2.18. The Hall–Kier alpha value is -0.900. The highest BCUT2D eigenvalue weighted by Crippen LogP contribution is 2.19. The molecule has 0 saturated heterocycles. The van der Waals surface area contributed by atoms with Gasteiger partial charge in [-0.2, -0.15) is 0 Å². The van der Waals surface area contributed by atoms with Gasteiger partial charge in [0.2, 0.25) is 0 Å². The van der Waals surface area contributed by atoms with E-state index in [0.717, 1.165) is 0 Å². The van der Waals surface area contributed by atoms with Crippen molar-refractivity contribution in [1.29, 1.82) is 0 Å². The molecule has 1 rings (SSSR count). The Morgan fingerprint density at radius 3 is 2.29 bits per heavy atom. The van der Waals surface area contributed by atoms with Crippen molar-refractivity contribution in [3.05, 3.63) is 35.9 Å². The summed E-state index contributed by atoms with van der Waals surface area (Å²) in [6.07, 6.45) is -0.746. The highest BCUT2D eigenvalue weighted by atomic mass is 16.3. The number of benzene rings is 1.